The molecule has 110 valence electrons. The molecule has 0 saturated carbocycles. The summed E-state index contributed by atoms with van der Waals surface area (Å²) < 4.78 is 1.56. The largest absolute Gasteiger partial charge is 0.396 e. The van der Waals surface area contributed by atoms with Crippen molar-refractivity contribution < 1.29 is 4.79 Å². The van der Waals surface area contributed by atoms with Crippen LogP contribution in [0.1, 0.15) is 0 Å². The van der Waals surface area contributed by atoms with Gasteiger partial charge in [-0.05, 0) is 0 Å². The molecule has 1 aliphatic heterocycles. The fraction of sp³-hybridized carbons (Fsp3) is 0.385. The zero-order chi connectivity index (χ0) is 14.7. The van der Waals surface area contributed by atoms with Crippen LogP contribution < -0.4 is 10.6 Å². The summed E-state index contributed by atoms with van der Waals surface area (Å²) in [5.74, 6) is 0.904. The summed E-state index contributed by atoms with van der Waals surface area (Å²) in [4.78, 5) is 24.5. The predicted molar refractivity (Wildman–Crippen MR) is 77.5 cm³/mol. The van der Waals surface area contributed by atoms with Crippen molar-refractivity contribution in [1.82, 2.24) is 24.6 Å². The van der Waals surface area contributed by atoms with Gasteiger partial charge in [0, 0.05) is 44.8 Å². The van der Waals surface area contributed by atoms with Crippen LogP contribution in [0.4, 0.5) is 11.5 Å². The zero-order valence-electron chi connectivity index (χ0n) is 11.6. The first-order valence-electron chi connectivity index (χ1n) is 6.79. The van der Waals surface area contributed by atoms with Crippen molar-refractivity contribution in [3.8, 4) is 0 Å². The summed E-state index contributed by atoms with van der Waals surface area (Å²) >= 11 is 0. The second-order valence-corrected chi connectivity index (χ2v) is 4.90. The number of hydrogen-bond acceptors (Lipinski definition) is 6. The van der Waals surface area contributed by atoms with E-state index < -0.39 is 0 Å². The summed E-state index contributed by atoms with van der Waals surface area (Å²) in [5, 5.41) is 4.03. The van der Waals surface area contributed by atoms with Crippen molar-refractivity contribution >= 4 is 17.4 Å². The minimum absolute atomic E-state index is 0.0527. The summed E-state index contributed by atoms with van der Waals surface area (Å²) in [6.07, 6.45) is 8.27. The number of nitrogens with zero attached hydrogens (tertiary/aromatic N) is 6. The average Bonchev–Trinajstić information content (AvgIpc) is 2.93. The number of nitrogens with two attached hydrogens (primary N) is 1. The fourth-order valence-electron chi connectivity index (χ4n) is 2.34. The van der Waals surface area contributed by atoms with E-state index in [1.807, 2.05) is 4.90 Å². The normalized spacial score (nSPS) is 15.2. The molecule has 2 N–H and O–H groups in total. The lowest BCUT2D eigenvalue weighted by molar-refractivity contribution is -0.132. The Kier molecular flexibility index (Phi) is 3.67. The number of nitrogen functional groups attached to an aromatic ring is 1. The standard InChI is InChI=1S/C13H17N7O/c14-11-7-17-20(9-11)10-13(21)19-5-3-18(4-6-19)12-8-15-1-2-16-12/h1-2,7-9H,3-6,10,14H2. The van der Waals surface area contributed by atoms with Crippen molar-refractivity contribution in [3.05, 3.63) is 31.0 Å². The first-order valence-corrected chi connectivity index (χ1v) is 6.79. The molecular weight excluding hydrogens is 270 g/mol. The molecule has 1 aliphatic rings. The molecule has 3 rings (SSSR count). The van der Waals surface area contributed by atoms with Gasteiger partial charge in [0.05, 0.1) is 18.1 Å². The number of carbonyl (C=O) groups is 1. The first kappa shape index (κ1) is 13.3. The molecule has 21 heavy (non-hydrogen) atoms. The maximum Gasteiger partial charge on any atom is 0.244 e. The molecule has 0 bridgehead atoms. The number of amides is 1. The Labute approximate surface area is 122 Å². The number of hydrogen-bond donors (Lipinski definition) is 1. The lowest BCUT2D eigenvalue weighted by atomic mass is 10.3. The number of aromatic nitrogens is 4. The minimum atomic E-state index is 0.0527. The number of piperazine rings is 1. The van der Waals surface area contributed by atoms with Gasteiger partial charge in [-0.25, -0.2) is 4.98 Å². The van der Waals surface area contributed by atoms with Crippen molar-refractivity contribution in [2.24, 2.45) is 0 Å². The molecule has 8 heteroatoms. The molecule has 0 unspecified atom stereocenters. The van der Waals surface area contributed by atoms with E-state index in [2.05, 4.69) is 20.0 Å². The van der Waals surface area contributed by atoms with E-state index in [4.69, 9.17) is 5.73 Å². The van der Waals surface area contributed by atoms with Gasteiger partial charge in [-0.3, -0.25) is 14.5 Å². The van der Waals surface area contributed by atoms with Gasteiger partial charge in [-0.2, -0.15) is 5.10 Å². The summed E-state index contributed by atoms with van der Waals surface area (Å²) in [7, 11) is 0. The number of rotatable bonds is 3. The Morgan fingerprint density at radius 2 is 2.00 bits per heavy atom. The molecule has 8 nitrogen and oxygen atoms in total. The lowest BCUT2D eigenvalue weighted by Crippen LogP contribution is -2.49. The highest BCUT2D eigenvalue weighted by Crippen LogP contribution is 2.11. The monoisotopic (exact) mass is 287 g/mol. The van der Waals surface area contributed by atoms with E-state index in [0.29, 0.717) is 18.8 Å². The molecule has 1 amide bonds. The van der Waals surface area contributed by atoms with E-state index in [-0.39, 0.29) is 12.5 Å². The van der Waals surface area contributed by atoms with Crippen LogP contribution in [0.25, 0.3) is 0 Å². The van der Waals surface area contributed by atoms with Gasteiger partial charge < -0.3 is 15.5 Å². The molecule has 2 aromatic heterocycles. The van der Waals surface area contributed by atoms with Crippen LogP contribution in [0, 0.1) is 0 Å². The predicted octanol–water partition coefficient (Wildman–Crippen LogP) is -0.396. The highest BCUT2D eigenvalue weighted by molar-refractivity contribution is 5.76. The Hall–Kier alpha value is -2.64. The SMILES string of the molecule is Nc1cnn(CC(=O)N2CCN(c3cnccn3)CC2)c1. The van der Waals surface area contributed by atoms with Crippen LogP contribution >= 0.6 is 0 Å². The fourth-order valence-corrected chi connectivity index (χ4v) is 2.34. The third-order valence-electron chi connectivity index (χ3n) is 3.46. The van der Waals surface area contributed by atoms with Gasteiger partial charge in [0.2, 0.25) is 5.91 Å². The molecule has 0 aromatic carbocycles. The summed E-state index contributed by atoms with van der Waals surface area (Å²) in [6.45, 7) is 3.08. The Bertz CT molecular complexity index is 604. The minimum Gasteiger partial charge on any atom is -0.396 e. The molecule has 3 heterocycles. The Morgan fingerprint density at radius 3 is 2.62 bits per heavy atom. The highest BCUT2D eigenvalue weighted by atomic mass is 16.2. The van der Waals surface area contributed by atoms with Crippen LogP contribution in [-0.2, 0) is 11.3 Å². The quantitative estimate of drug-likeness (QED) is 0.826. The summed E-state index contributed by atoms with van der Waals surface area (Å²) in [6, 6.07) is 0. The molecule has 1 fully saturated rings. The maximum absolute atomic E-state index is 12.2. The highest BCUT2D eigenvalue weighted by Gasteiger charge is 2.22. The smallest absolute Gasteiger partial charge is 0.244 e. The van der Waals surface area contributed by atoms with Gasteiger partial charge in [0.25, 0.3) is 0 Å². The number of carbonyl (C=O) groups excluding carboxylic acids is 1. The molecule has 0 aliphatic carbocycles. The first-order chi connectivity index (χ1) is 10.2. The van der Waals surface area contributed by atoms with E-state index in [1.165, 1.54) is 0 Å². The molecule has 2 aromatic rings. The second-order valence-electron chi connectivity index (χ2n) is 4.90. The third-order valence-corrected chi connectivity index (χ3v) is 3.46. The van der Waals surface area contributed by atoms with Crippen LogP contribution in [0.5, 0.6) is 0 Å². The number of anilines is 2. The van der Waals surface area contributed by atoms with Crippen molar-refractivity contribution in [2.45, 2.75) is 6.54 Å². The van der Waals surface area contributed by atoms with Gasteiger partial charge >= 0.3 is 0 Å². The van der Waals surface area contributed by atoms with Gasteiger partial charge in [0.1, 0.15) is 12.4 Å². The third kappa shape index (κ3) is 3.10. The Balaban J connectivity index is 1.54. The molecule has 0 atom stereocenters. The van der Waals surface area contributed by atoms with Crippen LogP contribution in [0.3, 0.4) is 0 Å². The van der Waals surface area contributed by atoms with E-state index in [1.54, 1.807) is 35.7 Å². The van der Waals surface area contributed by atoms with Gasteiger partial charge in [-0.1, -0.05) is 0 Å². The van der Waals surface area contributed by atoms with Crippen LogP contribution in [0.2, 0.25) is 0 Å². The van der Waals surface area contributed by atoms with E-state index >= 15 is 0 Å². The topological polar surface area (TPSA) is 93.2 Å². The maximum atomic E-state index is 12.2. The average molecular weight is 287 g/mol. The van der Waals surface area contributed by atoms with Gasteiger partial charge in [-0.15, -0.1) is 0 Å². The molecule has 0 spiro atoms. The molecular formula is C13H17N7O. The Morgan fingerprint density at radius 1 is 1.19 bits per heavy atom. The van der Waals surface area contributed by atoms with Crippen LogP contribution in [0.15, 0.2) is 31.0 Å². The molecule has 1 saturated heterocycles. The zero-order valence-corrected chi connectivity index (χ0v) is 11.6. The van der Waals surface area contributed by atoms with Crippen molar-refractivity contribution in [2.75, 3.05) is 36.8 Å². The molecule has 0 radical (unpaired) electrons. The van der Waals surface area contributed by atoms with Crippen molar-refractivity contribution in [1.29, 1.82) is 0 Å². The van der Waals surface area contributed by atoms with Gasteiger partial charge in [0.15, 0.2) is 0 Å². The lowest BCUT2D eigenvalue weighted by Gasteiger charge is -2.35. The summed E-state index contributed by atoms with van der Waals surface area (Å²) in [5.41, 5.74) is 6.15. The van der Waals surface area contributed by atoms with Crippen molar-refractivity contribution in [3.63, 3.8) is 0 Å². The van der Waals surface area contributed by atoms with Crippen LogP contribution in [-0.4, -0.2) is 56.7 Å². The van der Waals surface area contributed by atoms with E-state index in [9.17, 15) is 4.79 Å². The second kappa shape index (κ2) is 5.78. The van der Waals surface area contributed by atoms with E-state index in [0.717, 1.165) is 18.9 Å².